The van der Waals surface area contributed by atoms with E-state index in [2.05, 4.69) is 0 Å². The second-order valence-electron chi connectivity index (χ2n) is 8.46. The third-order valence-electron chi connectivity index (χ3n) is 6.34. The van der Waals surface area contributed by atoms with Crippen molar-refractivity contribution in [3.63, 3.8) is 0 Å². The fourth-order valence-corrected chi connectivity index (χ4v) is 4.67. The number of nitrogens with zero attached hydrogens (tertiary/aromatic N) is 2. The first kappa shape index (κ1) is 20.9. The summed E-state index contributed by atoms with van der Waals surface area (Å²) >= 11 is 0. The predicted molar refractivity (Wildman–Crippen MR) is 125 cm³/mol. The van der Waals surface area contributed by atoms with Crippen molar-refractivity contribution < 1.29 is 23.8 Å². The first-order valence-corrected chi connectivity index (χ1v) is 10.6. The fourth-order valence-electron chi connectivity index (χ4n) is 4.67. The molecule has 0 radical (unpaired) electrons. The van der Waals surface area contributed by atoms with E-state index in [0.717, 1.165) is 22.4 Å². The molecule has 168 valence electrons. The second kappa shape index (κ2) is 7.27. The molecule has 0 fully saturated rings. The minimum atomic E-state index is -1.19. The topological polar surface area (TPSA) is 68.3 Å². The third kappa shape index (κ3) is 2.88. The highest BCUT2D eigenvalue weighted by atomic mass is 16.6. The number of amides is 1. The molecular weight excluding hydrogens is 420 g/mol. The number of hydrogen-bond donors (Lipinski definition) is 0. The van der Waals surface area contributed by atoms with Gasteiger partial charge in [0.25, 0.3) is 0 Å². The summed E-state index contributed by atoms with van der Waals surface area (Å²) in [6.45, 7) is 1.89. The first-order chi connectivity index (χ1) is 15.8. The summed E-state index contributed by atoms with van der Waals surface area (Å²) in [7, 11) is 6.89. The predicted octanol–water partition coefficient (Wildman–Crippen LogP) is 4.83. The van der Waals surface area contributed by atoms with E-state index >= 15 is 0 Å². The molecule has 0 aromatic heterocycles. The number of esters is 1. The number of anilines is 2. The molecule has 33 heavy (non-hydrogen) atoms. The van der Waals surface area contributed by atoms with Crippen LogP contribution in [0.15, 0.2) is 54.6 Å². The Labute approximate surface area is 192 Å². The van der Waals surface area contributed by atoms with Crippen LogP contribution in [0, 0.1) is 6.92 Å². The Morgan fingerprint density at radius 2 is 1.67 bits per heavy atom. The number of rotatable bonds is 2. The average molecular weight is 444 g/mol. The van der Waals surface area contributed by atoms with E-state index in [0.29, 0.717) is 28.3 Å². The van der Waals surface area contributed by atoms with Crippen molar-refractivity contribution in [1.29, 1.82) is 0 Å². The van der Waals surface area contributed by atoms with E-state index in [1.807, 2.05) is 74.4 Å². The summed E-state index contributed by atoms with van der Waals surface area (Å²) < 4.78 is 17.5. The van der Waals surface area contributed by atoms with Crippen molar-refractivity contribution in [2.75, 3.05) is 38.1 Å². The summed E-state index contributed by atoms with van der Waals surface area (Å²) in [5.41, 5.74) is 3.87. The minimum Gasteiger partial charge on any atom is -0.456 e. The monoisotopic (exact) mass is 444 g/mol. The summed E-state index contributed by atoms with van der Waals surface area (Å²) in [6.07, 6.45) is -0.497. The van der Waals surface area contributed by atoms with Crippen LogP contribution in [0.4, 0.5) is 16.2 Å². The Balaban J connectivity index is 1.83. The number of hydrogen-bond acceptors (Lipinski definition) is 6. The maximum absolute atomic E-state index is 13.0. The Kier molecular flexibility index (Phi) is 4.60. The quantitative estimate of drug-likeness (QED) is 0.528. The maximum Gasteiger partial charge on any atom is 0.413 e. The molecule has 2 aliphatic heterocycles. The number of fused-ring (bicyclic) bond motifs is 6. The van der Waals surface area contributed by atoms with Crippen LogP contribution in [0.2, 0.25) is 0 Å². The molecule has 0 saturated carbocycles. The van der Waals surface area contributed by atoms with Gasteiger partial charge in [0.1, 0.15) is 11.5 Å². The fraction of sp³-hybridized carbons (Fsp3) is 0.231. The van der Waals surface area contributed by atoms with Crippen LogP contribution in [0.5, 0.6) is 11.5 Å². The Morgan fingerprint density at radius 1 is 0.939 bits per heavy atom. The lowest BCUT2D eigenvalue weighted by molar-refractivity contribution is 0.0224. The van der Waals surface area contributed by atoms with E-state index in [1.54, 1.807) is 13.1 Å². The van der Waals surface area contributed by atoms with Gasteiger partial charge >= 0.3 is 12.1 Å². The van der Waals surface area contributed by atoms with Crippen molar-refractivity contribution in [1.82, 2.24) is 0 Å². The highest BCUT2D eigenvalue weighted by molar-refractivity contribution is 5.97. The van der Waals surface area contributed by atoms with E-state index in [4.69, 9.17) is 14.2 Å². The van der Waals surface area contributed by atoms with Crippen molar-refractivity contribution in [2.24, 2.45) is 0 Å². The number of carbonyl (C=O) groups excluding carboxylic acids is 2. The largest absolute Gasteiger partial charge is 0.456 e. The van der Waals surface area contributed by atoms with Crippen LogP contribution in [0.3, 0.4) is 0 Å². The average Bonchev–Trinajstić information content (AvgIpc) is 3.10. The van der Waals surface area contributed by atoms with E-state index < -0.39 is 17.7 Å². The Morgan fingerprint density at radius 3 is 2.39 bits per heavy atom. The lowest BCUT2D eigenvalue weighted by Gasteiger charge is -2.38. The SMILES string of the molecule is COC(=O)N(C)c1cc2c(cc1C)Oc1cc(N(C)C)ccc1C21OC(=O)c2ccccc21. The molecule has 2 heterocycles. The van der Waals surface area contributed by atoms with Crippen molar-refractivity contribution in [3.05, 3.63) is 82.4 Å². The highest BCUT2D eigenvalue weighted by Crippen LogP contribution is 2.57. The van der Waals surface area contributed by atoms with Gasteiger partial charge in [0, 0.05) is 49.6 Å². The molecule has 3 aromatic carbocycles. The second-order valence-corrected chi connectivity index (χ2v) is 8.46. The molecule has 2 aliphatic rings. The zero-order valence-electron chi connectivity index (χ0n) is 19.1. The van der Waals surface area contributed by atoms with Gasteiger partial charge in [-0.15, -0.1) is 0 Å². The number of carbonyl (C=O) groups is 2. The van der Waals surface area contributed by atoms with Gasteiger partial charge < -0.3 is 19.1 Å². The molecule has 1 amide bonds. The summed E-state index contributed by atoms with van der Waals surface area (Å²) in [6, 6.07) is 17.0. The van der Waals surface area contributed by atoms with Crippen LogP contribution in [-0.2, 0) is 15.1 Å². The molecule has 1 spiro atoms. The lowest BCUT2D eigenvalue weighted by atomic mass is 9.77. The molecule has 0 N–H and O–H groups in total. The van der Waals surface area contributed by atoms with Gasteiger partial charge in [0.2, 0.25) is 0 Å². The van der Waals surface area contributed by atoms with Gasteiger partial charge in [-0.1, -0.05) is 18.2 Å². The Bertz CT molecular complexity index is 1320. The number of ether oxygens (including phenoxy) is 3. The van der Waals surface area contributed by atoms with Gasteiger partial charge in [-0.2, -0.15) is 0 Å². The van der Waals surface area contributed by atoms with Crippen molar-refractivity contribution in [3.8, 4) is 11.5 Å². The Hall–Kier alpha value is -4.00. The molecule has 5 rings (SSSR count). The van der Waals surface area contributed by atoms with Crippen LogP contribution < -0.4 is 14.5 Å². The lowest BCUT2D eigenvalue weighted by Crippen LogP contribution is -2.34. The summed E-state index contributed by atoms with van der Waals surface area (Å²) in [4.78, 5) is 28.7. The number of methoxy groups -OCH3 is 1. The zero-order valence-corrected chi connectivity index (χ0v) is 19.1. The molecule has 7 nitrogen and oxygen atoms in total. The van der Waals surface area contributed by atoms with Gasteiger partial charge in [-0.05, 0) is 42.8 Å². The van der Waals surface area contributed by atoms with E-state index in [1.165, 1.54) is 12.0 Å². The number of aryl methyl sites for hydroxylation is 1. The molecule has 1 atom stereocenters. The highest BCUT2D eigenvalue weighted by Gasteiger charge is 2.53. The van der Waals surface area contributed by atoms with Crippen LogP contribution in [0.1, 0.15) is 32.6 Å². The molecule has 7 heteroatoms. The standard InChI is InChI=1S/C26H24N2O5/c1-15-12-22-20(14-21(15)28(4)25(30)31-5)26(18-9-7-6-8-17(18)24(29)33-26)19-11-10-16(27(2)3)13-23(19)32-22/h6-14H,1-5H3. The summed E-state index contributed by atoms with van der Waals surface area (Å²) in [5.74, 6) is 0.790. The van der Waals surface area contributed by atoms with E-state index in [9.17, 15) is 9.59 Å². The maximum atomic E-state index is 13.0. The normalized spacial score (nSPS) is 17.4. The zero-order chi connectivity index (χ0) is 23.5. The smallest absolute Gasteiger partial charge is 0.413 e. The third-order valence-corrected chi connectivity index (χ3v) is 6.34. The van der Waals surface area contributed by atoms with E-state index in [-0.39, 0.29) is 0 Å². The van der Waals surface area contributed by atoms with Crippen LogP contribution >= 0.6 is 0 Å². The van der Waals surface area contributed by atoms with Crippen LogP contribution in [-0.4, -0.2) is 40.3 Å². The summed E-state index contributed by atoms with van der Waals surface area (Å²) in [5, 5.41) is 0. The van der Waals surface area contributed by atoms with Gasteiger partial charge in [0.15, 0.2) is 5.60 Å². The molecule has 0 saturated heterocycles. The van der Waals surface area contributed by atoms with Gasteiger partial charge in [-0.3, -0.25) is 4.90 Å². The molecular formula is C26H24N2O5. The molecule has 3 aromatic rings. The molecule has 1 unspecified atom stereocenters. The van der Waals surface area contributed by atoms with Gasteiger partial charge in [-0.25, -0.2) is 9.59 Å². The number of benzene rings is 3. The minimum absolute atomic E-state index is 0.399. The first-order valence-electron chi connectivity index (χ1n) is 10.6. The van der Waals surface area contributed by atoms with Crippen LogP contribution in [0.25, 0.3) is 0 Å². The van der Waals surface area contributed by atoms with Crippen molar-refractivity contribution >= 4 is 23.4 Å². The van der Waals surface area contributed by atoms with Gasteiger partial charge in [0.05, 0.1) is 18.4 Å². The van der Waals surface area contributed by atoms with Crippen molar-refractivity contribution in [2.45, 2.75) is 12.5 Å². The molecule has 0 bridgehead atoms. The molecule has 0 aliphatic carbocycles.